The van der Waals surface area contributed by atoms with Crippen LogP contribution >= 0.6 is 0 Å². The van der Waals surface area contributed by atoms with Crippen molar-refractivity contribution in [2.75, 3.05) is 6.54 Å². The molecule has 0 saturated carbocycles. The van der Waals surface area contributed by atoms with Crippen LogP contribution in [-0.2, 0) is 16.4 Å². The van der Waals surface area contributed by atoms with Crippen LogP contribution < -0.4 is 10.5 Å². The van der Waals surface area contributed by atoms with E-state index in [9.17, 15) is 13.2 Å². The number of nitrogens with one attached hydrogen (secondary N) is 1. The Hall–Kier alpha value is -2.18. The van der Waals surface area contributed by atoms with Crippen LogP contribution in [0.4, 0.5) is 0 Å². The Morgan fingerprint density at radius 2 is 1.70 bits per heavy atom. The first kappa shape index (κ1) is 17.2. The molecule has 0 heterocycles. The molecule has 3 N–H and O–H groups in total. The van der Waals surface area contributed by atoms with Crippen LogP contribution in [0.5, 0.6) is 0 Å². The second-order valence-corrected chi connectivity index (χ2v) is 7.06. The van der Waals surface area contributed by atoms with Crippen molar-refractivity contribution in [2.45, 2.75) is 25.2 Å². The van der Waals surface area contributed by atoms with Crippen LogP contribution in [-0.4, -0.2) is 20.9 Å². The molecule has 0 spiro atoms. The summed E-state index contributed by atoms with van der Waals surface area (Å²) >= 11 is 0. The average Bonchev–Trinajstić information content (AvgIpc) is 2.49. The maximum Gasteiger partial charge on any atom is 0.251 e. The van der Waals surface area contributed by atoms with Gasteiger partial charge in [0.15, 0.2) is 0 Å². The Morgan fingerprint density at radius 1 is 1.04 bits per heavy atom. The normalized spacial score (nSPS) is 11.3. The Kier molecular flexibility index (Phi) is 5.18. The van der Waals surface area contributed by atoms with E-state index in [4.69, 9.17) is 5.14 Å². The molecule has 0 atom stereocenters. The smallest absolute Gasteiger partial charge is 0.251 e. The summed E-state index contributed by atoms with van der Waals surface area (Å²) in [5, 5.41) is 7.91. The predicted octanol–water partition coefficient (Wildman–Crippen LogP) is 1.92. The lowest BCUT2D eigenvalue weighted by Crippen LogP contribution is -2.25. The molecule has 2 rings (SSSR count). The molecular formula is C17H20N2O3S. The van der Waals surface area contributed by atoms with Gasteiger partial charge in [-0.2, -0.15) is 0 Å². The van der Waals surface area contributed by atoms with Gasteiger partial charge in [0.25, 0.3) is 5.91 Å². The molecule has 1 amide bonds. The van der Waals surface area contributed by atoms with E-state index < -0.39 is 10.0 Å². The molecule has 0 radical (unpaired) electrons. The first-order valence-electron chi connectivity index (χ1n) is 7.24. The summed E-state index contributed by atoms with van der Waals surface area (Å²) in [7, 11) is -3.67. The minimum atomic E-state index is -3.67. The van der Waals surface area contributed by atoms with Crippen LogP contribution in [0.3, 0.4) is 0 Å². The van der Waals surface area contributed by atoms with Gasteiger partial charge in [0, 0.05) is 12.1 Å². The zero-order valence-corrected chi connectivity index (χ0v) is 14.0. The van der Waals surface area contributed by atoms with Gasteiger partial charge in [0.2, 0.25) is 10.0 Å². The number of carbonyl (C=O) groups is 1. The quantitative estimate of drug-likeness (QED) is 0.876. The largest absolute Gasteiger partial charge is 0.352 e. The molecule has 0 aliphatic heterocycles. The summed E-state index contributed by atoms with van der Waals surface area (Å²) in [6.45, 7) is 4.45. The van der Waals surface area contributed by atoms with Gasteiger partial charge in [0.1, 0.15) is 0 Å². The van der Waals surface area contributed by atoms with Gasteiger partial charge in [-0.05, 0) is 61.2 Å². The standard InChI is InChI=1S/C17H20N2O3S/c1-12-3-6-15(11-13(12)2)17(20)19-10-9-14-4-7-16(8-5-14)23(18,21)22/h3-8,11H,9-10H2,1-2H3,(H,19,20)(H2,18,21,22). The van der Waals surface area contributed by atoms with E-state index in [1.165, 1.54) is 12.1 Å². The number of aryl methyl sites for hydroxylation is 2. The first-order valence-corrected chi connectivity index (χ1v) is 8.79. The fraction of sp³-hybridized carbons (Fsp3) is 0.235. The van der Waals surface area contributed by atoms with Gasteiger partial charge in [-0.3, -0.25) is 4.79 Å². The number of benzene rings is 2. The molecule has 122 valence electrons. The molecule has 5 nitrogen and oxygen atoms in total. The van der Waals surface area contributed by atoms with Crippen LogP contribution in [0.15, 0.2) is 47.4 Å². The highest BCUT2D eigenvalue weighted by Crippen LogP contribution is 2.11. The number of sulfonamides is 1. The van der Waals surface area contributed by atoms with Crippen LogP contribution in [0.25, 0.3) is 0 Å². The number of nitrogens with two attached hydrogens (primary N) is 1. The molecule has 0 fully saturated rings. The lowest BCUT2D eigenvalue weighted by atomic mass is 10.1. The third-order valence-electron chi connectivity index (χ3n) is 3.72. The monoisotopic (exact) mass is 332 g/mol. The molecule has 0 aliphatic carbocycles. The van der Waals surface area contributed by atoms with Crippen molar-refractivity contribution in [1.29, 1.82) is 0 Å². The number of rotatable bonds is 5. The second-order valence-electron chi connectivity index (χ2n) is 5.49. The molecule has 2 aromatic rings. The molecule has 0 aliphatic rings. The van der Waals surface area contributed by atoms with Gasteiger partial charge in [-0.25, -0.2) is 13.6 Å². The lowest BCUT2D eigenvalue weighted by molar-refractivity contribution is 0.0954. The van der Waals surface area contributed by atoms with E-state index in [1.807, 2.05) is 26.0 Å². The van der Waals surface area contributed by atoms with Crippen molar-refractivity contribution >= 4 is 15.9 Å². The van der Waals surface area contributed by atoms with E-state index in [0.29, 0.717) is 18.5 Å². The van der Waals surface area contributed by atoms with Crippen molar-refractivity contribution in [1.82, 2.24) is 5.32 Å². The Morgan fingerprint density at radius 3 is 2.26 bits per heavy atom. The maximum atomic E-state index is 12.1. The topological polar surface area (TPSA) is 89.3 Å². The van der Waals surface area contributed by atoms with Gasteiger partial charge in [-0.15, -0.1) is 0 Å². The number of hydrogen-bond acceptors (Lipinski definition) is 3. The first-order chi connectivity index (χ1) is 10.8. The summed E-state index contributed by atoms with van der Waals surface area (Å²) in [4.78, 5) is 12.2. The molecule has 6 heteroatoms. The summed E-state index contributed by atoms with van der Waals surface area (Å²) < 4.78 is 22.4. The van der Waals surface area contributed by atoms with Crippen molar-refractivity contribution in [3.05, 3.63) is 64.7 Å². The van der Waals surface area contributed by atoms with E-state index in [2.05, 4.69) is 5.32 Å². The second kappa shape index (κ2) is 6.93. The molecule has 0 saturated heterocycles. The summed E-state index contributed by atoms with van der Waals surface area (Å²) in [5.74, 6) is -0.116. The third kappa shape index (κ3) is 4.64. The fourth-order valence-electron chi connectivity index (χ4n) is 2.15. The van der Waals surface area contributed by atoms with E-state index >= 15 is 0 Å². The van der Waals surface area contributed by atoms with Crippen molar-refractivity contribution < 1.29 is 13.2 Å². The summed E-state index contributed by atoms with van der Waals surface area (Å²) in [6.07, 6.45) is 0.613. The average molecular weight is 332 g/mol. The molecule has 0 unspecified atom stereocenters. The molecular weight excluding hydrogens is 312 g/mol. The third-order valence-corrected chi connectivity index (χ3v) is 4.65. The Labute approximate surface area is 136 Å². The summed E-state index contributed by atoms with van der Waals surface area (Å²) in [6, 6.07) is 11.9. The van der Waals surface area contributed by atoms with Crippen molar-refractivity contribution in [3.63, 3.8) is 0 Å². The zero-order chi connectivity index (χ0) is 17.0. The summed E-state index contributed by atoms with van der Waals surface area (Å²) in [5.41, 5.74) is 3.79. The number of primary sulfonamides is 1. The van der Waals surface area contributed by atoms with E-state index in [1.54, 1.807) is 18.2 Å². The van der Waals surface area contributed by atoms with Crippen molar-refractivity contribution in [3.8, 4) is 0 Å². The SMILES string of the molecule is Cc1ccc(C(=O)NCCc2ccc(S(N)(=O)=O)cc2)cc1C. The van der Waals surface area contributed by atoms with E-state index in [0.717, 1.165) is 16.7 Å². The molecule has 0 bridgehead atoms. The Bertz CT molecular complexity index is 812. The van der Waals surface area contributed by atoms with Gasteiger partial charge < -0.3 is 5.32 Å². The minimum absolute atomic E-state index is 0.0837. The predicted molar refractivity (Wildman–Crippen MR) is 89.8 cm³/mol. The van der Waals surface area contributed by atoms with Crippen molar-refractivity contribution in [2.24, 2.45) is 5.14 Å². The Balaban J connectivity index is 1.91. The number of amides is 1. The van der Waals surface area contributed by atoms with E-state index in [-0.39, 0.29) is 10.8 Å². The van der Waals surface area contributed by atoms with Gasteiger partial charge in [0.05, 0.1) is 4.90 Å². The molecule has 0 aromatic heterocycles. The van der Waals surface area contributed by atoms with Crippen LogP contribution in [0.1, 0.15) is 27.0 Å². The number of hydrogen-bond donors (Lipinski definition) is 2. The highest BCUT2D eigenvalue weighted by Gasteiger charge is 2.08. The maximum absolute atomic E-state index is 12.1. The highest BCUT2D eigenvalue weighted by molar-refractivity contribution is 7.89. The molecule has 23 heavy (non-hydrogen) atoms. The van der Waals surface area contributed by atoms with Gasteiger partial charge in [-0.1, -0.05) is 18.2 Å². The highest BCUT2D eigenvalue weighted by atomic mass is 32.2. The zero-order valence-electron chi connectivity index (χ0n) is 13.2. The lowest BCUT2D eigenvalue weighted by Gasteiger charge is -2.08. The number of carbonyl (C=O) groups excluding carboxylic acids is 1. The van der Waals surface area contributed by atoms with Gasteiger partial charge >= 0.3 is 0 Å². The fourth-order valence-corrected chi connectivity index (χ4v) is 2.67. The molecule has 2 aromatic carbocycles. The minimum Gasteiger partial charge on any atom is -0.352 e. The van der Waals surface area contributed by atoms with Crippen LogP contribution in [0.2, 0.25) is 0 Å². The van der Waals surface area contributed by atoms with Crippen LogP contribution in [0, 0.1) is 13.8 Å².